The minimum atomic E-state index is 0.0116. The Hall–Kier alpha value is -0.730. The molecule has 0 aromatic heterocycles. The third-order valence-electron chi connectivity index (χ3n) is 2.39. The molecule has 0 fully saturated rings. The molecule has 3 heteroatoms. The van der Waals surface area contributed by atoms with Crippen LogP contribution >= 0.6 is 11.6 Å². The third kappa shape index (κ3) is 1.30. The summed E-state index contributed by atoms with van der Waals surface area (Å²) in [4.78, 5) is 0. The quantitative estimate of drug-likeness (QED) is 0.750. The molecule has 0 amide bonds. The Kier molecular flexibility index (Phi) is 2.18. The maximum atomic E-state index is 6.03. The summed E-state index contributed by atoms with van der Waals surface area (Å²) in [5, 5.41) is 0.773. The van der Waals surface area contributed by atoms with Gasteiger partial charge in [0.2, 0.25) is 0 Å². The van der Waals surface area contributed by atoms with Crippen molar-refractivity contribution >= 4 is 11.6 Å². The van der Waals surface area contributed by atoms with Crippen LogP contribution in [-0.2, 0) is 6.42 Å². The first-order valence-corrected chi connectivity index (χ1v) is 4.81. The Morgan fingerprint density at radius 1 is 1.62 bits per heavy atom. The third-order valence-corrected chi connectivity index (χ3v) is 2.75. The SMILES string of the molecule is CCc1c(Cl)ccc2c1OCC2N. The second kappa shape index (κ2) is 3.20. The minimum Gasteiger partial charge on any atom is -0.491 e. The lowest BCUT2D eigenvalue weighted by Gasteiger charge is -2.07. The first-order valence-electron chi connectivity index (χ1n) is 4.43. The fourth-order valence-corrected chi connectivity index (χ4v) is 1.96. The summed E-state index contributed by atoms with van der Waals surface area (Å²) < 4.78 is 5.50. The van der Waals surface area contributed by atoms with Gasteiger partial charge in [0.05, 0.1) is 6.04 Å². The molecule has 2 nitrogen and oxygen atoms in total. The lowest BCUT2D eigenvalue weighted by Crippen LogP contribution is -2.10. The van der Waals surface area contributed by atoms with E-state index in [2.05, 4.69) is 6.92 Å². The van der Waals surface area contributed by atoms with Crippen LogP contribution in [0.25, 0.3) is 0 Å². The van der Waals surface area contributed by atoms with Crippen LogP contribution in [0.5, 0.6) is 5.75 Å². The number of hydrogen-bond acceptors (Lipinski definition) is 2. The molecule has 1 aliphatic rings. The highest BCUT2D eigenvalue weighted by Gasteiger charge is 2.23. The van der Waals surface area contributed by atoms with Crippen molar-refractivity contribution in [1.29, 1.82) is 0 Å². The molecule has 1 atom stereocenters. The van der Waals surface area contributed by atoms with Gasteiger partial charge in [-0.15, -0.1) is 0 Å². The molecule has 0 saturated carbocycles. The van der Waals surface area contributed by atoms with Crippen LogP contribution in [0.3, 0.4) is 0 Å². The number of benzene rings is 1. The van der Waals surface area contributed by atoms with Crippen molar-refractivity contribution in [3.05, 3.63) is 28.3 Å². The summed E-state index contributed by atoms with van der Waals surface area (Å²) in [5.41, 5.74) is 8.01. The Morgan fingerprint density at radius 2 is 2.38 bits per heavy atom. The molecule has 2 N–H and O–H groups in total. The number of hydrogen-bond donors (Lipinski definition) is 1. The van der Waals surface area contributed by atoms with Gasteiger partial charge in [-0.1, -0.05) is 24.6 Å². The molecule has 1 heterocycles. The van der Waals surface area contributed by atoms with Crippen molar-refractivity contribution in [2.24, 2.45) is 5.73 Å². The Labute approximate surface area is 82.6 Å². The molecular formula is C10H12ClNO. The van der Waals surface area contributed by atoms with Crippen LogP contribution in [0.1, 0.15) is 24.1 Å². The zero-order valence-corrected chi connectivity index (χ0v) is 8.27. The van der Waals surface area contributed by atoms with E-state index in [0.29, 0.717) is 6.61 Å². The number of ether oxygens (including phenoxy) is 1. The van der Waals surface area contributed by atoms with Crippen LogP contribution < -0.4 is 10.5 Å². The Morgan fingerprint density at radius 3 is 3.08 bits per heavy atom. The molecule has 1 aromatic rings. The zero-order chi connectivity index (χ0) is 9.42. The first kappa shape index (κ1) is 8.85. The summed E-state index contributed by atoms with van der Waals surface area (Å²) in [6.07, 6.45) is 0.884. The van der Waals surface area contributed by atoms with Gasteiger partial charge in [-0.3, -0.25) is 0 Å². The van der Waals surface area contributed by atoms with Gasteiger partial charge < -0.3 is 10.5 Å². The van der Waals surface area contributed by atoms with Gasteiger partial charge in [-0.2, -0.15) is 0 Å². The van der Waals surface area contributed by atoms with Crippen LogP contribution in [0, 0.1) is 0 Å². The van der Waals surface area contributed by atoms with Crippen LogP contribution in [0.4, 0.5) is 0 Å². The van der Waals surface area contributed by atoms with Crippen molar-refractivity contribution in [1.82, 2.24) is 0 Å². The van der Waals surface area contributed by atoms with E-state index in [1.807, 2.05) is 12.1 Å². The molecular weight excluding hydrogens is 186 g/mol. The van der Waals surface area contributed by atoms with Crippen molar-refractivity contribution in [3.63, 3.8) is 0 Å². The Balaban J connectivity index is 2.57. The summed E-state index contributed by atoms with van der Waals surface area (Å²) in [6.45, 7) is 2.64. The van der Waals surface area contributed by atoms with Gasteiger partial charge in [0.25, 0.3) is 0 Å². The fourth-order valence-electron chi connectivity index (χ4n) is 1.68. The number of nitrogens with two attached hydrogens (primary N) is 1. The van der Waals surface area contributed by atoms with Crippen molar-refractivity contribution in [2.75, 3.05) is 6.61 Å². The topological polar surface area (TPSA) is 35.2 Å². The molecule has 0 spiro atoms. The average Bonchev–Trinajstić information content (AvgIpc) is 2.48. The maximum Gasteiger partial charge on any atom is 0.128 e. The lowest BCUT2D eigenvalue weighted by atomic mass is 10.0. The Bertz CT molecular complexity index is 338. The van der Waals surface area contributed by atoms with E-state index >= 15 is 0 Å². The van der Waals surface area contributed by atoms with E-state index in [9.17, 15) is 0 Å². The average molecular weight is 198 g/mol. The van der Waals surface area contributed by atoms with E-state index in [-0.39, 0.29) is 6.04 Å². The van der Waals surface area contributed by atoms with Gasteiger partial charge in [0.1, 0.15) is 12.4 Å². The minimum absolute atomic E-state index is 0.0116. The van der Waals surface area contributed by atoms with E-state index in [1.54, 1.807) is 0 Å². The molecule has 1 unspecified atom stereocenters. The summed E-state index contributed by atoms with van der Waals surface area (Å²) in [6, 6.07) is 3.86. The van der Waals surface area contributed by atoms with Gasteiger partial charge in [0, 0.05) is 16.1 Å². The van der Waals surface area contributed by atoms with E-state index < -0.39 is 0 Å². The fraction of sp³-hybridized carbons (Fsp3) is 0.400. The molecule has 70 valence electrons. The summed E-state index contributed by atoms with van der Waals surface area (Å²) in [5.74, 6) is 0.905. The maximum absolute atomic E-state index is 6.03. The largest absolute Gasteiger partial charge is 0.491 e. The highest BCUT2D eigenvalue weighted by molar-refractivity contribution is 6.31. The molecule has 2 rings (SSSR count). The molecule has 1 aliphatic heterocycles. The molecule has 0 aliphatic carbocycles. The smallest absolute Gasteiger partial charge is 0.128 e. The zero-order valence-electron chi connectivity index (χ0n) is 7.51. The van der Waals surface area contributed by atoms with Crippen LogP contribution in [0.15, 0.2) is 12.1 Å². The van der Waals surface area contributed by atoms with Gasteiger partial charge in [-0.25, -0.2) is 0 Å². The second-order valence-corrected chi connectivity index (χ2v) is 3.62. The van der Waals surface area contributed by atoms with E-state index in [1.165, 1.54) is 0 Å². The highest BCUT2D eigenvalue weighted by atomic mass is 35.5. The molecule has 13 heavy (non-hydrogen) atoms. The standard InChI is InChI=1S/C10H12ClNO/c1-2-6-8(11)4-3-7-9(12)5-13-10(6)7/h3-4,9H,2,5,12H2,1H3. The van der Waals surface area contributed by atoms with Crippen molar-refractivity contribution < 1.29 is 4.74 Å². The van der Waals surface area contributed by atoms with E-state index in [0.717, 1.165) is 28.3 Å². The number of rotatable bonds is 1. The van der Waals surface area contributed by atoms with Gasteiger partial charge in [-0.05, 0) is 12.5 Å². The monoisotopic (exact) mass is 197 g/mol. The lowest BCUT2D eigenvalue weighted by molar-refractivity contribution is 0.331. The number of halogens is 1. The molecule has 0 radical (unpaired) electrons. The predicted octanol–water partition coefficient (Wildman–Crippen LogP) is 2.29. The van der Waals surface area contributed by atoms with Crippen LogP contribution in [0.2, 0.25) is 5.02 Å². The predicted molar refractivity (Wildman–Crippen MR) is 53.3 cm³/mol. The summed E-state index contributed by atoms with van der Waals surface area (Å²) in [7, 11) is 0. The first-order chi connectivity index (χ1) is 6.24. The molecule has 1 aromatic carbocycles. The van der Waals surface area contributed by atoms with Gasteiger partial charge in [0.15, 0.2) is 0 Å². The normalized spacial score (nSPS) is 19.8. The van der Waals surface area contributed by atoms with E-state index in [4.69, 9.17) is 22.1 Å². The molecule has 0 saturated heterocycles. The second-order valence-electron chi connectivity index (χ2n) is 3.22. The van der Waals surface area contributed by atoms with Crippen molar-refractivity contribution in [3.8, 4) is 5.75 Å². The van der Waals surface area contributed by atoms with Crippen molar-refractivity contribution in [2.45, 2.75) is 19.4 Å². The van der Waals surface area contributed by atoms with Gasteiger partial charge >= 0.3 is 0 Å². The number of fused-ring (bicyclic) bond motifs is 1. The highest BCUT2D eigenvalue weighted by Crippen LogP contribution is 2.38. The van der Waals surface area contributed by atoms with Crippen LogP contribution in [-0.4, -0.2) is 6.61 Å². The molecule has 0 bridgehead atoms. The summed E-state index contributed by atoms with van der Waals surface area (Å²) >= 11 is 6.03.